The van der Waals surface area contributed by atoms with Crippen molar-refractivity contribution in [1.29, 1.82) is 0 Å². The average molecular weight is 392 g/mol. The van der Waals surface area contributed by atoms with Crippen molar-refractivity contribution in [3.63, 3.8) is 0 Å². The summed E-state index contributed by atoms with van der Waals surface area (Å²) in [6, 6.07) is 11.1. The second-order valence-corrected chi connectivity index (χ2v) is 8.19. The fourth-order valence-corrected chi connectivity index (χ4v) is 4.78. The maximum atomic E-state index is 13.1. The van der Waals surface area contributed by atoms with E-state index in [2.05, 4.69) is 5.32 Å². The van der Waals surface area contributed by atoms with Crippen molar-refractivity contribution in [2.75, 3.05) is 13.7 Å². The number of carbonyl (C=O) groups is 1. The molecule has 0 aliphatic carbocycles. The lowest BCUT2D eigenvalue weighted by Crippen LogP contribution is -2.45. The standard InChI is InChI=1S/C19H21FN2O4S/c1-26-16-5-2-4-14(12-16)13-21-19(23)18-6-3-11-22(18)27(24,25)17-9-7-15(20)8-10-17/h2,4-5,7-10,12,18H,3,6,11,13H2,1H3,(H,21,23)/t18-/m1/s1. The Morgan fingerprint density at radius 3 is 2.70 bits per heavy atom. The summed E-state index contributed by atoms with van der Waals surface area (Å²) in [6.07, 6.45) is 1.04. The van der Waals surface area contributed by atoms with Crippen LogP contribution in [0, 0.1) is 5.82 Å². The van der Waals surface area contributed by atoms with Gasteiger partial charge in [-0.2, -0.15) is 4.31 Å². The maximum absolute atomic E-state index is 13.1. The van der Waals surface area contributed by atoms with Crippen LogP contribution >= 0.6 is 0 Å². The number of nitrogens with one attached hydrogen (secondary N) is 1. The van der Waals surface area contributed by atoms with E-state index in [0.717, 1.165) is 17.7 Å². The second-order valence-electron chi connectivity index (χ2n) is 6.30. The molecule has 27 heavy (non-hydrogen) atoms. The molecule has 1 atom stereocenters. The van der Waals surface area contributed by atoms with Crippen LogP contribution in [0.15, 0.2) is 53.4 Å². The van der Waals surface area contributed by atoms with Gasteiger partial charge in [0.25, 0.3) is 0 Å². The summed E-state index contributed by atoms with van der Waals surface area (Å²) in [6.45, 7) is 0.536. The van der Waals surface area contributed by atoms with Gasteiger partial charge in [-0.3, -0.25) is 4.79 Å². The lowest BCUT2D eigenvalue weighted by atomic mass is 10.2. The first kappa shape index (κ1) is 19.3. The van der Waals surface area contributed by atoms with Gasteiger partial charge < -0.3 is 10.1 Å². The van der Waals surface area contributed by atoms with E-state index in [0.29, 0.717) is 18.6 Å². The summed E-state index contributed by atoms with van der Waals surface area (Å²) in [7, 11) is -2.29. The molecule has 1 fully saturated rings. The molecule has 2 aromatic rings. The van der Waals surface area contributed by atoms with Gasteiger partial charge in [-0.1, -0.05) is 12.1 Å². The highest BCUT2D eigenvalue weighted by molar-refractivity contribution is 7.89. The minimum atomic E-state index is -3.86. The summed E-state index contributed by atoms with van der Waals surface area (Å²) in [5.41, 5.74) is 0.855. The molecule has 1 aliphatic rings. The van der Waals surface area contributed by atoms with Crippen LogP contribution in [0.4, 0.5) is 4.39 Å². The zero-order chi connectivity index (χ0) is 19.4. The molecule has 1 amide bonds. The molecular weight excluding hydrogens is 371 g/mol. The van der Waals surface area contributed by atoms with Crippen molar-refractivity contribution in [3.05, 3.63) is 59.9 Å². The molecule has 1 saturated heterocycles. The number of carbonyl (C=O) groups excluding carboxylic acids is 1. The van der Waals surface area contributed by atoms with Crippen molar-refractivity contribution < 1.29 is 22.3 Å². The molecule has 0 radical (unpaired) electrons. The Hall–Kier alpha value is -2.45. The number of rotatable bonds is 6. The zero-order valence-corrected chi connectivity index (χ0v) is 15.7. The normalized spacial score (nSPS) is 17.6. The fraction of sp³-hybridized carbons (Fsp3) is 0.316. The van der Waals surface area contributed by atoms with Crippen molar-refractivity contribution in [3.8, 4) is 5.75 Å². The van der Waals surface area contributed by atoms with Crippen LogP contribution in [0.5, 0.6) is 5.75 Å². The van der Waals surface area contributed by atoms with Gasteiger partial charge in [0.05, 0.1) is 12.0 Å². The molecule has 3 rings (SSSR count). The topological polar surface area (TPSA) is 75.7 Å². The Morgan fingerprint density at radius 2 is 2.00 bits per heavy atom. The molecule has 0 aromatic heterocycles. The van der Waals surface area contributed by atoms with Gasteiger partial charge in [0.15, 0.2) is 0 Å². The molecule has 0 spiro atoms. The van der Waals surface area contributed by atoms with E-state index in [4.69, 9.17) is 4.74 Å². The van der Waals surface area contributed by atoms with Crippen LogP contribution in [0.2, 0.25) is 0 Å². The van der Waals surface area contributed by atoms with Gasteiger partial charge in [0.2, 0.25) is 15.9 Å². The molecule has 0 unspecified atom stereocenters. The van der Waals surface area contributed by atoms with Crippen LogP contribution in [0.1, 0.15) is 18.4 Å². The van der Waals surface area contributed by atoms with Gasteiger partial charge in [-0.25, -0.2) is 12.8 Å². The van der Waals surface area contributed by atoms with Gasteiger partial charge in [0, 0.05) is 13.1 Å². The van der Waals surface area contributed by atoms with Crippen LogP contribution in [0.25, 0.3) is 0 Å². The molecule has 6 nitrogen and oxygen atoms in total. The third kappa shape index (κ3) is 4.28. The van der Waals surface area contributed by atoms with Crippen molar-refractivity contribution in [2.45, 2.75) is 30.3 Å². The van der Waals surface area contributed by atoms with E-state index in [1.807, 2.05) is 18.2 Å². The Balaban J connectivity index is 1.71. The molecular formula is C19H21FN2O4S. The van der Waals surface area contributed by atoms with E-state index >= 15 is 0 Å². The van der Waals surface area contributed by atoms with Crippen molar-refractivity contribution >= 4 is 15.9 Å². The van der Waals surface area contributed by atoms with Crippen molar-refractivity contribution in [2.24, 2.45) is 0 Å². The Bertz CT molecular complexity index is 916. The third-order valence-electron chi connectivity index (χ3n) is 4.53. The average Bonchev–Trinajstić information content (AvgIpc) is 3.17. The second kappa shape index (κ2) is 8.06. The van der Waals surface area contributed by atoms with E-state index in [1.165, 1.54) is 16.4 Å². The van der Waals surface area contributed by atoms with E-state index < -0.39 is 21.9 Å². The Kier molecular flexibility index (Phi) is 5.76. The molecule has 0 bridgehead atoms. The molecule has 8 heteroatoms. The number of hydrogen-bond donors (Lipinski definition) is 1. The van der Waals surface area contributed by atoms with Gasteiger partial charge in [-0.05, 0) is 54.8 Å². The highest BCUT2D eigenvalue weighted by atomic mass is 32.2. The number of amides is 1. The lowest BCUT2D eigenvalue weighted by molar-refractivity contribution is -0.124. The SMILES string of the molecule is COc1cccc(CNC(=O)[C@H]2CCCN2S(=O)(=O)c2ccc(F)cc2)c1. The first-order valence-electron chi connectivity index (χ1n) is 8.60. The third-order valence-corrected chi connectivity index (χ3v) is 6.45. The summed E-state index contributed by atoms with van der Waals surface area (Å²) in [5.74, 6) is -0.174. The largest absolute Gasteiger partial charge is 0.497 e. The molecule has 2 aromatic carbocycles. The predicted octanol–water partition coefficient (Wildman–Crippen LogP) is 2.30. The molecule has 144 valence electrons. The number of benzene rings is 2. The fourth-order valence-electron chi connectivity index (χ4n) is 3.12. The Morgan fingerprint density at radius 1 is 1.26 bits per heavy atom. The number of ether oxygens (including phenoxy) is 1. The van der Waals surface area contributed by atoms with Crippen molar-refractivity contribution in [1.82, 2.24) is 9.62 Å². The maximum Gasteiger partial charge on any atom is 0.243 e. The smallest absolute Gasteiger partial charge is 0.243 e. The molecule has 1 heterocycles. The summed E-state index contributed by atoms with van der Waals surface area (Å²) in [4.78, 5) is 12.6. The van der Waals surface area contributed by atoms with E-state index in [1.54, 1.807) is 13.2 Å². The number of halogens is 1. The van der Waals surface area contributed by atoms with Crippen LogP contribution in [-0.4, -0.2) is 38.3 Å². The summed E-state index contributed by atoms with van der Waals surface area (Å²) in [5, 5.41) is 2.79. The number of sulfonamides is 1. The lowest BCUT2D eigenvalue weighted by Gasteiger charge is -2.23. The highest BCUT2D eigenvalue weighted by Gasteiger charge is 2.39. The quantitative estimate of drug-likeness (QED) is 0.819. The number of nitrogens with zero attached hydrogens (tertiary/aromatic N) is 1. The molecule has 1 aliphatic heterocycles. The number of hydrogen-bond acceptors (Lipinski definition) is 4. The van der Waals surface area contributed by atoms with Gasteiger partial charge in [0.1, 0.15) is 17.6 Å². The van der Waals surface area contributed by atoms with Crippen LogP contribution in [0.3, 0.4) is 0 Å². The minimum Gasteiger partial charge on any atom is -0.497 e. The van der Waals surface area contributed by atoms with Crippen LogP contribution in [-0.2, 0) is 21.4 Å². The summed E-state index contributed by atoms with van der Waals surface area (Å²) >= 11 is 0. The van der Waals surface area contributed by atoms with Gasteiger partial charge in [-0.15, -0.1) is 0 Å². The summed E-state index contributed by atoms with van der Waals surface area (Å²) < 4.78 is 45.1. The predicted molar refractivity (Wildman–Crippen MR) is 98.2 cm³/mol. The van der Waals surface area contributed by atoms with Crippen LogP contribution < -0.4 is 10.1 Å². The highest BCUT2D eigenvalue weighted by Crippen LogP contribution is 2.26. The first-order valence-corrected chi connectivity index (χ1v) is 10.0. The molecule has 0 saturated carbocycles. The zero-order valence-electron chi connectivity index (χ0n) is 14.9. The molecule has 1 N–H and O–H groups in total. The van der Waals surface area contributed by atoms with E-state index in [9.17, 15) is 17.6 Å². The minimum absolute atomic E-state index is 0.0172. The van der Waals surface area contributed by atoms with Gasteiger partial charge >= 0.3 is 0 Å². The van der Waals surface area contributed by atoms with E-state index in [-0.39, 0.29) is 23.9 Å². The first-order chi connectivity index (χ1) is 12.9. The monoisotopic (exact) mass is 392 g/mol. The Labute approximate surface area is 158 Å². The number of methoxy groups -OCH3 is 1.